The van der Waals surface area contributed by atoms with Gasteiger partial charge in [-0.05, 0) is 49.3 Å². The Kier molecular flexibility index (Phi) is 7.65. The van der Waals surface area contributed by atoms with E-state index in [9.17, 15) is 4.79 Å². The van der Waals surface area contributed by atoms with Crippen LogP contribution in [-0.2, 0) is 16.1 Å². The number of carbonyl (C=O) groups excluding carboxylic acids is 1. The van der Waals surface area contributed by atoms with Crippen LogP contribution in [-0.4, -0.2) is 24.8 Å². The van der Waals surface area contributed by atoms with Crippen molar-refractivity contribution in [3.63, 3.8) is 0 Å². The summed E-state index contributed by atoms with van der Waals surface area (Å²) >= 11 is 0. The second-order valence-corrected chi connectivity index (χ2v) is 6.78. The van der Waals surface area contributed by atoms with Crippen molar-refractivity contribution in [2.45, 2.75) is 20.5 Å². The molecule has 0 amide bonds. The fourth-order valence-corrected chi connectivity index (χ4v) is 2.86. The van der Waals surface area contributed by atoms with E-state index in [2.05, 4.69) is 5.16 Å². The Balaban J connectivity index is 1.54. The molecule has 0 fully saturated rings. The van der Waals surface area contributed by atoms with Gasteiger partial charge in [-0.25, -0.2) is 4.79 Å². The molecule has 0 unspecified atom stereocenters. The monoisotopic (exact) mass is 419 g/mol. The number of carbonyl (C=O) groups is 1. The van der Waals surface area contributed by atoms with Gasteiger partial charge in [0.15, 0.2) is 11.5 Å². The number of aromatic nitrogens is 1. The minimum absolute atomic E-state index is 0.204. The molecule has 6 nitrogen and oxygen atoms in total. The number of esters is 1. The van der Waals surface area contributed by atoms with Crippen LogP contribution in [0.2, 0.25) is 0 Å². The van der Waals surface area contributed by atoms with Gasteiger partial charge in [-0.2, -0.15) is 0 Å². The molecule has 0 spiro atoms. The lowest BCUT2D eigenvalue weighted by molar-refractivity contribution is -0.136. The van der Waals surface area contributed by atoms with E-state index < -0.39 is 5.97 Å². The molecular formula is C25H25NO5. The van der Waals surface area contributed by atoms with Crippen LogP contribution in [0.25, 0.3) is 12.2 Å². The smallest absolute Gasteiger partial charge is 0.331 e. The number of nitrogens with zero attached hydrogens (tertiary/aromatic N) is 1. The Labute approximate surface area is 181 Å². The maximum atomic E-state index is 11.9. The second-order valence-electron chi connectivity index (χ2n) is 6.78. The van der Waals surface area contributed by atoms with Crippen LogP contribution in [0.5, 0.6) is 11.5 Å². The van der Waals surface area contributed by atoms with Crippen molar-refractivity contribution in [1.82, 2.24) is 5.16 Å². The van der Waals surface area contributed by atoms with Crippen LogP contribution in [0.4, 0.5) is 0 Å². The van der Waals surface area contributed by atoms with Crippen molar-refractivity contribution >= 4 is 18.1 Å². The summed E-state index contributed by atoms with van der Waals surface area (Å²) < 4.78 is 21.6. The van der Waals surface area contributed by atoms with Crippen molar-refractivity contribution in [3.8, 4) is 11.5 Å². The number of aryl methyl sites for hydroxylation is 2. The van der Waals surface area contributed by atoms with Gasteiger partial charge in [-0.15, -0.1) is 0 Å². The molecule has 31 heavy (non-hydrogen) atoms. The molecule has 0 aliphatic heterocycles. The predicted octanol–water partition coefficient (Wildman–Crippen LogP) is 5.15. The molecule has 3 aromatic rings. The van der Waals surface area contributed by atoms with Crippen LogP contribution in [0, 0.1) is 13.8 Å². The van der Waals surface area contributed by atoms with Gasteiger partial charge >= 0.3 is 5.97 Å². The van der Waals surface area contributed by atoms with Crippen molar-refractivity contribution in [2.75, 3.05) is 13.7 Å². The molecule has 2 aromatic carbocycles. The standard InChI is InChI=1S/C25H25NO5/c1-18-22(19(2)31-26-18)17-30-23-13-11-21(16-24(23)28-3)12-14-25(27)29-15-7-10-20-8-5-4-6-9-20/h4-14,16H,15,17H2,1-3H3/b10-7+,14-12+. The van der Waals surface area contributed by atoms with Crippen molar-refractivity contribution < 1.29 is 23.5 Å². The summed E-state index contributed by atoms with van der Waals surface area (Å²) in [6.07, 6.45) is 6.76. The summed E-state index contributed by atoms with van der Waals surface area (Å²) in [5, 5.41) is 3.92. The Morgan fingerprint density at radius 3 is 2.55 bits per heavy atom. The van der Waals surface area contributed by atoms with E-state index in [1.807, 2.05) is 56.3 Å². The summed E-state index contributed by atoms with van der Waals surface area (Å²) in [7, 11) is 1.57. The van der Waals surface area contributed by atoms with E-state index in [0.29, 0.717) is 18.1 Å². The molecule has 0 saturated carbocycles. The molecule has 0 N–H and O–H groups in total. The number of methoxy groups -OCH3 is 1. The molecule has 0 aliphatic carbocycles. The molecule has 160 valence electrons. The average molecular weight is 419 g/mol. The number of hydrogen-bond acceptors (Lipinski definition) is 6. The van der Waals surface area contributed by atoms with E-state index in [1.54, 1.807) is 31.4 Å². The quantitative estimate of drug-likeness (QED) is 0.353. The Hall–Kier alpha value is -3.80. The number of benzene rings is 2. The molecule has 6 heteroatoms. The van der Waals surface area contributed by atoms with Gasteiger partial charge < -0.3 is 18.7 Å². The zero-order valence-corrected chi connectivity index (χ0v) is 17.8. The maximum Gasteiger partial charge on any atom is 0.331 e. The average Bonchev–Trinajstić information content (AvgIpc) is 3.12. The fourth-order valence-electron chi connectivity index (χ4n) is 2.86. The van der Waals surface area contributed by atoms with Crippen molar-refractivity contribution in [1.29, 1.82) is 0 Å². The zero-order valence-electron chi connectivity index (χ0n) is 17.8. The first-order chi connectivity index (χ1) is 15.1. The molecule has 1 heterocycles. The molecule has 0 atom stereocenters. The lowest BCUT2D eigenvalue weighted by atomic mass is 10.2. The van der Waals surface area contributed by atoms with Crippen molar-refractivity contribution in [2.24, 2.45) is 0 Å². The first kappa shape index (κ1) is 21.9. The normalized spacial score (nSPS) is 11.2. The molecule has 1 aromatic heterocycles. The fraction of sp³-hybridized carbons (Fsp3) is 0.200. The van der Waals surface area contributed by atoms with Gasteiger partial charge in [0.1, 0.15) is 19.0 Å². The van der Waals surface area contributed by atoms with Crippen LogP contribution in [0.3, 0.4) is 0 Å². The zero-order chi connectivity index (χ0) is 22.1. The van der Waals surface area contributed by atoms with E-state index in [0.717, 1.165) is 28.1 Å². The lowest BCUT2D eigenvalue weighted by Gasteiger charge is -2.11. The summed E-state index contributed by atoms with van der Waals surface area (Å²) in [5.41, 5.74) is 3.55. The van der Waals surface area contributed by atoms with E-state index in [-0.39, 0.29) is 6.61 Å². The number of hydrogen-bond donors (Lipinski definition) is 0. The largest absolute Gasteiger partial charge is 0.493 e. The minimum Gasteiger partial charge on any atom is -0.493 e. The highest BCUT2D eigenvalue weighted by atomic mass is 16.5. The van der Waals surface area contributed by atoms with Gasteiger partial charge in [0.25, 0.3) is 0 Å². The molecular weight excluding hydrogens is 394 g/mol. The number of ether oxygens (including phenoxy) is 3. The summed E-state index contributed by atoms with van der Waals surface area (Å²) in [6, 6.07) is 15.2. The van der Waals surface area contributed by atoms with Gasteiger partial charge in [0.05, 0.1) is 18.4 Å². The third-order valence-electron chi connectivity index (χ3n) is 4.58. The van der Waals surface area contributed by atoms with E-state index in [4.69, 9.17) is 18.7 Å². The first-order valence-corrected chi connectivity index (χ1v) is 9.86. The maximum absolute atomic E-state index is 11.9. The number of rotatable bonds is 9. The van der Waals surface area contributed by atoms with Crippen LogP contribution in [0.1, 0.15) is 28.1 Å². The van der Waals surface area contributed by atoms with Gasteiger partial charge in [0.2, 0.25) is 0 Å². The van der Waals surface area contributed by atoms with Crippen LogP contribution >= 0.6 is 0 Å². The van der Waals surface area contributed by atoms with E-state index in [1.165, 1.54) is 6.08 Å². The van der Waals surface area contributed by atoms with Gasteiger partial charge in [-0.1, -0.05) is 47.6 Å². The highest BCUT2D eigenvalue weighted by Crippen LogP contribution is 2.30. The summed E-state index contributed by atoms with van der Waals surface area (Å²) in [4.78, 5) is 11.9. The molecule has 0 saturated heterocycles. The second kappa shape index (κ2) is 10.8. The first-order valence-electron chi connectivity index (χ1n) is 9.86. The third kappa shape index (κ3) is 6.34. The van der Waals surface area contributed by atoms with Gasteiger partial charge in [0, 0.05) is 6.08 Å². The Morgan fingerprint density at radius 2 is 1.84 bits per heavy atom. The topological polar surface area (TPSA) is 70.8 Å². The molecule has 0 bridgehead atoms. The highest BCUT2D eigenvalue weighted by Gasteiger charge is 2.12. The van der Waals surface area contributed by atoms with E-state index >= 15 is 0 Å². The Bertz CT molecular complexity index is 1050. The molecule has 3 rings (SSSR count). The van der Waals surface area contributed by atoms with Crippen LogP contribution in [0.15, 0.2) is 65.2 Å². The highest BCUT2D eigenvalue weighted by molar-refractivity contribution is 5.87. The third-order valence-corrected chi connectivity index (χ3v) is 4.58. The predicted molar refractivity (Wildman–Crippen MR) is 119 cm³/mol. The lowest BCUT2D eigenvalue weighted by Crippen LogP contribution is -2.00. The van der Waals surface area contributed by atoms with Crippen molar-refractivity contribution in [3.05, 3.63) is 88.8 Å². The van der Waals surface area contributed by atoms with Crippen LogP contribution < -0.4 is 9.47 Å². The molecule has 0 aliphatic rings. The Morgan fingerprint density at radius 1 is 1.03 bits per heavy atom. The molecule has 0 radical (unpaired) electrons. The van der Waals surface area contributed by atoms with Gasteiger partial charge in [-0.3, -0.25) is 0 Å². The SMILES string of the molecule is COc1cc(/C=C/C(=O)OC/C=C/c2ccccc2)ccc1OCc1c(C)noc1C. The minimum atomic E-state index is -0.421. The summed E-state index contributed by atoms with van der Waals surface area (Å²) in [6.45, 7) is 4.25. The summed E-state index contributed by atoms with van der Waals surface area (Å²) in [5.74, 6) is 1.46.